The van der Waals surface area contributed by atoms with Gasteiger partial charge in [0.25, 0.3) is 0 Å². The van der Waals surface area contributed by atoms with Gasteiger partial charge in [-0.05, 0) is 43.0 Å². The van der Waals surface area contributed by atoms with Crippen molar-refractivity contribution >= 4 is 17.7 Å². The average Bonchev–Trinajstić information content (AvgIpc) is 2.79. The quantitative estimate of drug-likeness (QED) is 0.616. The van der Waals surface area contributed by atoms with Gasteiger partial charge in [0.05, 0.1) is 17.7 Å². The number of aryl methyl sites for hydroxylation is 1. The van der Waals surface area contributed by atoms with Gasteiger partial charge < -0.3 is 4.74 Å². The maximum atomic E-state index is 10.7. The van der Waals surface area contributed by atoms with Gasteiger partial charge in [-0.15, -0.1) is 0 Å². The molecule has 0 saturated heterocycles. The van der Waals surface area contributed by atoms with E-state index in [2.05, 4.69) is 4.99 Å². The van der Waals surface area contributed by atoms with E-state index in [4.69, 9.17) is 16.3 Å². The summed E-state index contributed by atoms with van der Waals surface area (Å²) in [5.74, 6) is 0.684. The molecule has 1 aromatic carbocycles. The molecule has 0 aliphatic heterocycles. The molecule has 1 aliphatic rings. The Morgan fingerprint density at radius 3 is 2.56 bits per heavy atom. The van der Waals surface area contributed by atoms with E-state index >= 15 is 0 Å². The number of isocyanates is 1. The minimum absolute atomic E-state index is 0.428. The fraction of sp³-hybridized carbons (Fsp3) is 0.500. The summed E-state index contributed by atoms with van der Waals surface area (Å²) in [5, 5.41) is 0.569. The molecule has 1 fully saturated rings. The molecular formula is C14H16ClNO2. The van der Waals surface area contributed by atoms with Gasteiger partial charge in [-0.2, -0.15) is 4.99 Å². The van der Waals surface area contributed by atoms with Crippen molar-refractivity contribution in [3.63, 3.8) is 0 Å². The van der Waals surface area contributed by atoms with E-state index < -0.39 is 5.54 Å². The number of halogens is 1. The third-order valence-corrected chi connectivity index (χ3v) is 3.94. The second-order valence-corrected chi connectivity index (χ2v) is 5.16. The molecule has 1 saturated carbocycles. The van der Waals surface area contributed by atoms with Crippen molar-refractivity contribution in [3.05, 3.63) is 28.3 Å². The zero-order valence-electron chi connectivity index (χ0n) is 10.6. The lowest BCUT2D eigenvalue weighted by Gasteiger charge is -2.24. The molecule has 0 atom stereocenters. The van der Waals surface area contributed by atoms with Gasteiger partial charge in [-0.3, -0.25) is 0 Å². The Morgan fingerprint density at radius 1 is 1.39 bits per heavy atom. The summed E-state index contributed by atoms with van der Waals surface area (Å²) in [4.78, 5) is 14.7. The number of hydrogen-bond acceptors (Lipinski definition) is 3. The van der Waals surface area contributed by atoms with Crippen LogP contribution in [0.5, 0.6) is 5.75 Å². The Kier molecular flexibility index (Phi) is 3.74. The smallest absolute Gasteiger partial charge is 0.235 e. The highest BCUT2D eigenvalue weighted by Gasteiger charge is 2.36. The van der Waals surface area contributed by atoms with Crippen LogP contribution in [0.3, 0.4) is 0 Å². The fourth-order valence-electron chi connectivity index (χ4n) is 2.77. The monoisotopic (exact) mass is 265 g/mol. The maximum absolute atomic E-state index is 10.7. The predicted octanol–water partition coefficient (Wildman–Crippen LogP) is 3.76. The van der Waals surface area contributed by atoms with Gasteiger partial charge in [-0.1, -0.05) is 24.4 Å². The first-order valence-electron chi connectivity index (χ1n) is 6.06. The van der Waals surface area contributed by atoms with Gasteiger partial charge >= 0.3 is 0 Å². The van der Waals surface area contributed by atoms with Gasteiger partial charge in [0.2, 0.25) is 6.08 Å². The zero-order valence-corrected chi connectivity index (χ0v) is 11.4. The molecule has 0 unspecified atom stereocenters. The number of benzene rings is 1. The number of rotatable bonds is 3. The van der Waals surface area contributed by atoms with Crippen LogP contribution in [0.4, 0.5) is 0 Å². The molecule has 0 spiro atoms. The summed E-state index contributed by atoms with van der Waals surface area (Å²) in [6, 6.07) is 3.87. The second-order valence-electron chi connectivity index (χ2n) is 4.75. The minimum Gasteiger partial charge on any atom is -0.495 e. The van der Waals surface area contributed by atoms with Crippen LogP contribution in [-0.4, -0.2) is 13.2 Å². The summed E-state index contributed by atoms with van der Waals surface area (Å²) in [6.07, 6.45) is 5.63. The molecule has 0 radical (unpaired) electrons. The Labute approximate surface area is 112 Å². The first kappa shape index (κ1) is 13.1. The molecular weight excluding hydrogens is 250 g/mol. The molecule has 0 N–H and O–H groups in total. The predicted molar refractivity (Wildman–Crippen MR) is 71.0 cm³/mol. The van der Waals surface area contributed by atoms with Crippen LogP contribution in [0.1, 0.15) is 36.8 Å². The standard InChI is InChI=1S/C14H16ClNO2/c1-10-7-11(8-12(15)13(10)18-2)14(16-9-17)5-3-4-6-14/h7-8H,3-6H2,1-2H3. The Bertz CT molecular complexity index is 478. The van der Waals surface area contributed by atoms with Crippen molar-refractivity contribution in [2.75, 3.05) is 7.11 Å². The van der Waals surface area contributed by atoms with E-state index in [1.54, 1.807) is 13.2 Å². The average molecular weight is 266 g/mol. The van der Waals surface area contributed by atoms with Crippen molar-refractivity contribution < 1.29 is 9.53 Å². The molecule has 96 valence electrons. The number of aliphatic imine (C=N–C) groups is 1. The first-order chi connectivity index (χ1) is 8.63. The molecule has 3 nitrogen and oxygen atoms in total. The Hall–Kier alpha value is -1.31. The highest BCUT2D eigenvalue weighted by atomic mass is 35.5. The highest BCUT2D eigenvalue weighted by Crippen LogP contribution is 2.44. The lowest BCUT2D eigenvalue weighted by atomic mass is 9.88. The Balaban J connectivity index is 2.53. The third-order valence-electron chi connectivity index (χ3n) is 3.66. The number of methoxy groups -OCH3 is 1. The molecule has 4 heteroatoms. The summed E-state index contributed by atoms with van der Waals surface area (Å²) in [5.41, 5.74) is 1.53. The van der Waals surface area contributed by atoms with Crippen LogP contribution >= 0.6 is 11.6 Å². The zero-order chi connectivity index (χ0) is 13.2. The largest absolute Gasteiger partial charge is 0.495 e. The summed E-state index contributed by atoms with van der Waals surface area (Å²) >= 11 is 6.21. The van der Waals surface area contributed by atoms with Crippen LogP contribution in [0.25, 0.3) is 0 Å². The number of carbonyl (C=O) groups excluding carboxylic acids is 1. The van der Waals surface area contributed by atoms with E-state index in [1.165, 1.54) is 0 Å². The lowest BCUT2D eigenvalue weighted by Crippen LogP contribution is -2.19. The van der Waals surface area contributed by atoms with Crippen LogP contribution < -0.4 is 4.74 Å². The number of nitrogens with zero attached hydrogens (tertiary/aromatic N) is 1. The Morgan fingerprint density at radius 2 is 2.06 bits per heavy atom. The molecule has 2 rings (SSSR count). The SMILES string of the molecule is COc1c(C)cc(C2(N=C=O)CCCC2)cc1Cl. The molecule has 18 heavy (non-hydrogen) atoms. The molecule has 0 bridgehead atoms. The number of hydrogen-bond donors (Lipinski definition) is 0. The lowest BCUT2D eigenvalue weighted by molar-refractivity contribution is 0.409. The summed E-state index contributed by atoms with van der Waals surface area (Å²) in [6.45, 7) is 1.95. The normalized spacial score (nSPS) is 17.3. The summed E-state index contributed by atoms with van der Waals surface area (Å²) < 4.78 is 5.25. The van der Waals surface area contributed by atoms with Crippen molar-refractivity contribution in [3.8, 4) is 5.75 Å². The van der Waals surface area contributed by atoms with Crippen LogP contribution in [0, 0.1) is 6.92 Å². The van der Waals surface area contributed by atoms with Crippen molar-refractivity contribution in [1.29, 1.82) is 0 Å². The molecule has 0 heterocycles. The van der Waals surface area contributed by atoms with E-state index in [9.17, 15) is 4.79 Å². The van der Waals surface area contributed by atoms with Gasteiger partial charge in [0.1, 0.15) is 5.75 Å². The molecule has 1 aliphatic carbocycles. The van der Waals surface area contributed by atoms with E-state index in [0.29, 0.717) is 10.8 Å². The van der Waals surface area contributed by atoms with Crippen LogP contribution in [-0.2, 0) is 10.3 Å². The molecule has 0 aromatic heterocycles. The first-order valence-corrected chi connectivity index (χ1v) is 6.44. The second kappa shape index (κ2) is 5.13. The van der Waals surface area contributed by atoms with Crippen molar-refractivity contribution in [1.82, 2.24) is 0 Å². The third kappa shape index (κ3) is 2.16. The van der Waals surface area contributed by atoms with E-state index in [1.807, 2.05) is 19.1 Å². The highest BCUT2D eigenvalue weighted by molar-refractivity contribution is 6.32. The molecule has 0 amide bonds. The maximum Gasteiger partial charge on any atom is 0.235 e. The topological polar surface area (TPSA) is 38.7 Å². The van der Waals surface area contributed by atoms with Crippen LogP contribution in [0.15, 0.2) is 17.1 Å². The summed E-state index contributed by atoms with van der Waals surface area (Å²) in [7, 11) is 1.60. The van der Waals surface area contributed by atoms with Crippen molar-refractivity contribution in [2.45, 2.75) is 38.1 Å². The van der Waals surface area contributed by atoms with Gasteiger partial charge in [-0.25, -0.2) is 4.79 Å². The van der Waals surface area contributed by atoms with Crippen LogP contribution in [0.2, 0.25) is 5.02 Å². The van der Waals surface area contributed by atoms with E-state index in [-0.39, 0.29) is 0 Å². The minimum atomic E-state index is -0.428. The van der Waals surface area contributed by atoms with Gasteiger partial charge in [0, 0.05) is 0 Å². The fourth-order valence-corrected chi connectivity index (χ4v) is 3.11. The number of ether oxygens (including phenoxy) is 1. The van der Waals surface area contributed by atoms with Gasteiger partial charge in [0.15, 0.2) is 0 Å². The van der Waals surface area contributed by atoms with E-state index in [0.717, 1.165) is 36.8 Å². The van der Waals surface area contributed by atoms with Crippen molar-refractivity contribution in [2.24, 2.45) is 4.99 Å². The molecule has 1 aromatic rings.